The fraction of sp³-hybridized carbons (Fsp3) is 0.720. The molecule has 5 heteroatoms. The third-order valence-electron chi connectivity index (χ3n) is 6.48. The summed E-state index contributed by atoms with van der Waals surface area (Å²) in [6, 6.07) is 7.73. The molecule has 2 unspecified atom stereocenters. The highest BCUT2D eigenvalue weighted by Gasteiger charge is 2.39. The van der Waals surface area contributed by atoms with Gasteiger partial charge in [-0.15, -0.1) is 0 Å². The Hall–Kier alpha value is -1.59. The predicted molar refractivity (Wildman–Crippen MR) is 122 cm³/mol. The molecule has 1 amide bonds. The Morgan fingerprint density at radius 2 is 1.70 bits per heavy atom. The van der Waals surface area contributed by atoms with Crippen molar-refractivity contribution >= 4 is 11.6 Å². The maximum absolute atomic E-state index is 13.0. The maximum atomic E-state index is 13.0. The second kappa shape index (κ2) is 11.1. The van der Waals surface area contributed by atoms with Crippen molar-refractivity contribution in [2.24, 2.45) is 11.8 Å². The Labute approximate surface area is 182 Å². The van der Waals surface area contributed by atoms with Crippen molar-refractivity contribution in [2.75, 3.05) is 38.2 Å². The van der Waals surface area contributed by atoms with Crippen LogP contribution < -0.4 is 10.1 Å². The van der Waals surface area contributed by atoms with Gasteiger partial charge in [0.15, 0.2) is 0 Å². The third-order valence-corrected chi connectivity index (χ3v) is 6.48. The minimum absolute atomic E-state index is 0.00624. The lowest BCUT2D eigenvalue weighted by Crippen LogP contribution is -2.45. The molecule has 1 saturated carbocycles. The van der Waals surface area contributed by atoms with Crippen LogP contribution in [0, 0.1) is 11.8 Å². The molecule has 2 aliphatic rings. The van der Waals surface area contributed by atoms with Crippen molar-refractivity contribution in [3.63, 3.8) is 0 Å². The summed E-state index contributed by atoms with van der Waals surface area (Å²) < 4.78 is 11.9. The van der Waals surface area contributed by atoms with Gasteiger partial charge in [0.2, 0.25) is 0 Å². The van der Waals surface area contributed by atoms with Gasteiger partial charge in [-0.3, -0.25) is 9.69 Å². The number of nitrogens with one attached hydrogen (secondary N) is 1. The number of nitrogens with zero attached hydrogens (tertiary/aromatic N) is 1. The molecule has 2 atom stereocenters. The van der Waals surface area contributed by atoms with Crippen LogP contribution in [0.15, 0.2) is 24.3 Å². The van der Waals surface area contributed by atoms with Crippen LogP contribution in [0.25, 0.3) is 0 Å². The van der Waals surface area contributed by atoms with Gasteiger partial charge < -0.3 is 14.8 Å². The van der Waals surface area contributed by atoms with Crippen LogP contribution in [-0.4, -0.2) is 49.3 Å². The zero-order chi connectivity index (χ0) is 21.4. The highest BCUT2D eigenvalue weighted by atomic mass is 16.5. The van der Waals surface area contributed by atoms with Gasteiger partial charge in [-0.05, 0) is 62.3 Å². The number of rotatable bonds is 8. The molecule has 5 nitrogen and oxygen atoms in total. The number of carbonyl (C=O) groups excluding carboxylic acids is 1. The Morgan fingerprint density at radius 1 is 1.07 bits per heavy atom. The van der Waals surface area contributed by atoms with Crippen LogP contribution in [0.4, 0.5) is 5.69 Å². The maximum Gasteiger partial charge on any atom is 0.256 e. The first kappa shape index (κ1) is 23.1. The monoisotopic (exact) mass is 416 g/mol. The second-order valence-corrected chi connectivity index (χ2v) is 9.37. The molecule has 30 heavy (non-hydrogen) atoms. The van der Waals surface area contributed by atoms with Crippen molar-refractivity contribution in [3.8, 4) is 5.75 Å². The molecule has 1 aromatic rings. The first-order chi connectivity index (χ1) is 14.5. The molecule has 1 aromatic carbocycles. The fourth-order valence-corrected chi connectivity index (χ4v) is 5.16. The first-order valence-electron chi connectivity index (χ1n) is 11.9. The molecule has 0 radical (unpaired) electrons. The number of carbonyl (C=O) groups is 1. The number of benzene rings is 1. The van der Waals surface area contributed by atoms with Gasteiger partial charge in [0.1, 0.15) is 18.0 Å². The number of piperidine rings is 1. The molecule has 2 fully saturated rings. The van der Waals surface area contributed by atoms with Crippen LogP contribution in [0.5, 0.6) is 5.75 Å². The second-order valence-electron chi connectivity index (χ2n) is 9.37. The van der Waals surface area contributed by atoms with Gasteiger partial charge in [-0.1, -0.05) is 39.5 Å². The minimum atomic E-state index is -0.677. The SMILES string of the molecule is CCOC1(C(=O)Nc2ccc(OCCN3CC(C)CC(C)C3)cc2)CCCCCC1. The number of ether oxygens (including phenoxy) is 2. The summed E-state index contributed by atoms with van der Waals surface area (Å²) in [7, 11) is 0. The zero-order valence-corrected chi connectivity index (χ0v) is 19.1. The van der Waals surface area contributed by atoms with Crippen LogP contribution in [-0.2, 0) is 9.53 Å². The molecule has 1 aliphatic heterocycles. The van der Waals surface area contributed by atoms with Crippen LogP contribution in [0.1, 0.15) is 65.7 Å². The Kier molecular flexibility index (Phi) is 8.58. The fourth-order valence-electron chi connectivity index (χ4n) is 5.16. The summed E-state index contributed by atoms with van der Waals surface area (Å²) in [6.45, 7) is 11.2. The van der Waals surface area contributed by atoms with E-state index in [2.05, 4.69) is 24.1 Å². The molecular weight excluding hydrogens is 376 g/mol. The first-order valence-corrected chi connectivity index (χ1v) is 11.9. The van der Waals surface area contributed by atoms with Crippen LogP contribution in [0.3, 0.4) is 0 Å². The summed E-state index contributed by atoms with van der Waals surface area (Å²) >= 11 is 0. The molecule has 1 heterocycles. The summed E-state index contributed by atoms with van der Waals surface area (Å²) in [5, 5.41) is 3.08. The summed E-state index contributed by atoms with van der Waals surface area (Å²) in [4.78, 5) is 15.6. The van der Waals surface area contributed by atoms with Crippen molar-refractivity contribution in [1.29, 1.82) is 0 Å². The van der Waals surface area contributed by atoms with E-state index < -0.39 is 5.60 Å². The third kappa shape index (κ3) is 6.45. The van der Waals surface area contributed by atoms with E-state index in [0.29, 0.717) is 13.2 Å². The summed E-state index contributed by atoms with van der Waals surface area (Å²) in [5.74, 6) is 2.38. The molecule has 0 spiro atoms. The average Bonchev–Trinajstić information content (AvgIpc) is 2.95. The van der Waals surface area contributed by atoms with Crippen molar-refractivity contribution in [2.45, 2.75) is 71.3 Å². The van der Waals surface area contributed by atoms with Gasteiger partial charge in [0.05, 0.1) is 0 Å². The van der Waals surface area contributed by atoms with E-state index in [4.69, 9.17) is 9.47 Å². The Bertz CT molecular complexity index is 643. The van der Waals surface area contributed by atoms with E-state index >= 15 is 0 Å². The topological polar surface area (TPSA) is 50.8 Å². The van der Waals surface area contributed by atoms with Crippen LogP contribution in [0.2, 0.25) is 0 Å². The van der Waals surface area contributed by atoms with E-state index in [1.54, 1.807) is 0 Å². The van der Waals surface area contributed by atoms with Crippen LogP contribution >= 0.6 is 0 Å². The molecule has 3 rings (SSSR count). The highest BCUT2D eigenvalue weighted by Crippen LogP contribution is 2.32. The highest BCUT2D eigenvalue weighted by molar-refractivity contribution is 5.97. The van der Waals surface area contributed by atoms with E-state index in [1.807, 2.05) is 31.2 Å². The minimum Gasteiger partial charge on any atom is -0.492 e. The Morgan fingerprint density at radius 3 is 2.30 bits per heavy atom. The standard InChI is InChI=1S/C25H40N2O3/c1-4-30-25(13-7-5-6-8-14-25)24(28)26-22-9-11-23(12-10-22)29-16-15-27-18-20(2)17-21(3)19-27/h9-12,20-21H,4-8,13-19H2,1-3H3,(H,26,28). The normalized spacial score (nSPS) is 24.8. The quantitative estimate of drug-likeness (QED) is 0.598. The lowest BCUT2D eigenvalue weighted by Gasteiger charge is -2.34. The van der Waals surface area contributed by atoms with Gasteiger partial charge in [-0.2, -0.15) is 0 Å². The van der Waals surface area contributed by atoms with E-state index in [0.717, 1.165) is 55.5 Å². The van der Waals surface area contributed by atoms with E-state index in [9.17, 15) is 4.79 Å². The van der Waals surface area contributed by atoms with Gasteiger partial charge in [0, 0.05) is 31.9 Å². The molecule has 0 aromatic heterocycles. The molecule has 168 valence electrons. The number of amides is 1. The van der Waals surface area contributed by atoms with E-state index in [-0.39, 0.29) is 5.91 Å². The van der Waals surface area contributed by atoms with Gasteiger partial charge in [0.25, 0.3) is 5.91 Å². The molecule has 0 bridgehead atoms. The molecule has 1 aliphatic carbocycles. The van der Waals surface area contributed by atoms with Gasteiger partial charge >= 0.3 is 0 Å². The number of hydrogen-bond acceptors (Lipinski definition) is 4. The Balaban J connectivity index is 1.49. The summed E-state index contributed by atoms with van der Waals surface area (Å²) in [5.41, 5.74) is 0.123. The number of likely N-dealkylation sites (tertiary alicyclic amines) is 1. The molecule has 1 N–H and O–H groups in total. The van der Waals surface area contributed by atoms with Crippen molar-refractivity contribution in [3.05, 3.63) is 24.3 Å². The zero-order valence-electron chi connectivity index (χ0n) is 19.1. The number of anilines is 1. The van der Waals surface area contributed by atoms with Gasteiger partial charge in [-0.25, -0.2) is 0 Å². The van der Waals surface area contributed by atoms with E-state index in [1.165, 1.54) is 32.4 Å². The molecular formula is C25H40N2O3. The van der Waals surface area contributed by atoms with Crippen molar-refractivity contribution < 1.29 is 14.3 Å². The molecule has 1 saturated heterocycles. The van der Waals surface area contributed by atoms with Crippen molar-refractivity contribution in [1.82, 2.24) is 4.90 Å². The lowest BCUT2D eigenvalue weighted by atomic mass is 9.92. The predicted octanol–water partition coefficient (Wildman–Crippen LogP) is 5.11. The summed E-state index contributed by atoms with van der Waals surface area (Å²) in [6.07, 6.45) is 7.41. The smallest absolute Gasteiger partial charge is 0.256 e. The average molecular weight is 417 g/mol. The number of hydrogen-bond donors (Lipinski definition) is 1. The lowest BCUT2D eigenvalue weighted by molar-refractivity contribution is -0.143. The largest absolute Gasteiger partial charge is 0.492 e.